The van der Waals surface area contributed by atoms with Crippen LogP contribution in [0.4, 0.5) is 0 Å². The number of hydrogen-bond donors (Lipinski definition) is 0. The van der Waals surface area contributed by atoms with Crippen LogP contribution in [-0.4, -0.2) is 20.5 Å². The van der Waals surface area contributed by atoms with Crippen molar-refractivity contribution in [1.82, 2.24) is 14.8 Å². The molecule has 0 amide bonds. The Morgan fingerprint density at radius 1 is 1.36 bits per heavy atom. The Balaban J connectivity index is 2.04. The Hall–Kier alpha value is -2.78. The van der Waals surface area contributed by atoms with Crippen LogP contribution in [0.25, 0.3) is 5.69 Å². The van der Waals surface area contributed by atoms with Crippen molar-refractivity contribution < 1.29 is 4.79 Å². The highest BCUT2D eigenvalue weighted by Gasteiger charge is 2.26. The second-order valence-corrected chi connectivity index (χ2v) is 5.61. The number of aryl methyl sites for hydroxylation is 1. The summed E-state index contributed by atoms with van der Waals surface area (Å²) in [6.45, 7) is 1.84. The Morgan fingerprint density at radius 2 is 2.18 bits per heavy atom. The van der Waals surface area contributed by atoms with Crippen molar-refractivity contribution in [3.05, 3.63) is 64.4 Å². The number of thiazole rings is 1. The molecule has 22 heavy (non-hydrogen) atoms. The maximum Gasteiger partial charge on any atom is 0.189 e. The fourth-order valence-electron chi connectivity index (χ4n) is 2.18. The van der Waals surface area contributed by atoms with E-state index in [0.29, 0.717) is 16.3 Å². The third kappa shape index (κ3) is 2.54. The first-order chi connectivity index (χ1) is 10.7. The normalized spacial score (nSPS) is 11.8. The van der Waals surface area contributed by atoms with Crippen LogP contribution in [0.3, 0.4) is 0 Å². The Labute approximate surface area is 131 Å². The van der Waals surface area contributed by atoms with Gasteiger partial charge in [0.15, 0.2) is 11.7 Å². The summed E-state index contributed by atoms with van der Waals surface area (Å²) in [4.78, 5) is 17.1. The molecule has 0 saturated carbocycles. The molecule has 0 N–H and O–H groups in total. The zero-order valence-corrected chi connectivity index (χ0v) is 12.6. The lowest BCUT2D eigenvalue weighted by atomic mass is 9.98. The number of carbonyl (C=O) groups excluding carboxylic acids is 1. The molecule has 3 aromatic rings. The second-order valence-electron chi connectivity index (χ2n) is 4.72. The number of ketones is 1. The van der Waals surface area contributed by atoms with Crippen LogP contribution in [0.1, 0.15) is 27.0 Å². The van der Waals surface area contributed by atoms with Gasteiger partial charge in [-0.1, -0.05) is 12.1 Å². The summed E-state index contributed by atoms with van der Waals surface area (Å²) in [5.41, 5.74) is 1.94. The van der Waals surface area contributed by atoms with Crippen molar-refractivity contribution in [2.45, 2.75) is 12.8 Å². The first-order valence-corrected chi connectivity index (χ1v) is 7.53. The van der Waals surface area contributed by atoms with Crippen molar-refractivity contribution in [2.75, 3.05) is 0 Å². The first kappa shape index (κ1) is 14.2. The molecule has 0 aliphatic carbocycles. The summed E-state index contributed by atoms with van der Waals surface area (Å²) < 4.78 is 1.62. The van der Waals surface area contributed by atoms with E-state index >= 15 is 0 Å². The molecule has 3 rings (SSSR count). The van der Waals surface area contributed by atoms with Gasteiger partial charge in [-0.3, -0.25) is 4.79 Å². The molecule has 0 radical (unpaired) electrons. The van der Waals surface area contributed by atoms with E-state index in [1.807, 2.05) is 24.4 Å². The van der Waals surface area contributed by atoms with Crippen LogP contribution in [-0.2, 0) is 0 Å². The van der Waals surface area contributed by atoms with Gasteiger partial charge in [-0.05, 0) is 25.1 Å². The second kappa shape index (κ2) is 5.92. The number of nitriles is 1. The molecular formula is C16H12N4OS. The van der Waals surface area contributed by atoms with E-state index in [9.17, 15) is 10.1 Å². The molecule has 5 nitrogen and oxygen atoms in total. The molecular weight excluding hydrogens is 296 g/mol. The standard InChI is InChI=1S/C16H12N4OS/c1-11-10-22-16(19-11)13(9-17)15(21)12-5-2-3-6-14(12)20-8-4-7-18-20/h2-8,10,13H,1H3. The fourth-order valence-corrected chi connectivity index (χ4v) is 3.02. The van der Waals surface area contributed by atoms with E-state index in [1.165, 1.54) is 11.3 Å². The van der Waals surface area contributed by atoms with Gasteiger partial charge >= 0.3 is 0 Å². The summed E-state index contributed by atoms with van der Waals surface area (Å²) >= 11 is 1.33. The molecule has 0 fully saturated rings. The SMILES string of the molecule is Cc1csc(C(C#N)C(=O)c2ccccc2-n2cccn2)n1. The molecule has 1 atom stereocenters. The van der Waals surface area contributed by atoms with E-state index in [0.717, 1.165) is 5.69 Å². The molecule has 0 bridgehead atoms. The Kier molecular flexibility index (Phi) is 3.81. The zero-order chi connectivity index (χ0) is 15.5. The smallest absolute Gasteiger partial charge is 0.189 e. The molecule has 2 heterocycles. The molecule has 1 aromatic carbocycles. The molecule has 2 aromatic heterocycles. The van der Waals surface area contributed by atoms with E-state index in [-0.39, 0.29) is 5.78 Å². The van der Waals surface area contributed by atoms with Crippen molar-refractivity contribution in [3.63, 3.8) is 0 Å². The predicted octanol–water partition coefficient (Wildman–Crippen LogP) is 3.13. The molecule has 0 spiro atoms. The third-order valence-corrected chi connectivity index (χ3v) is 4.22. The molecule has 108 valence electrons. The summed E-state index contributed by atoms with van der Waals surface area (Å²) in [7, 11) is 0. The lowest BCUT2D eigenvalue weighted by Gasteiger charge is -2.10. The minimum atomic E-state index is -0.893. The van der Waals surface area contributed by atoms with E-state index < -0.39 is 5.92 Å². The first-order valence-electron chi connectivity index (χ1n) is 6.65. The van der Waals surface area contributed by atoms with Gasteiger partial charge in [-0.25, -0.2) is 9.67 Å². The Bertz CT molecular complexity index is 845. The van der Waals surface area contributed by atoms with Crippen LogP contribution in [0.15, 0.2) is 48.1 Å². The lowest BCUT2D eigenvalue weighted by molar-refractivity contribution is 0.0978. The van der Waals surface area contributed by atoms with Crippen molar-refractivity contribution >= 4 is 17.1 Å². The van der Waals surface area contributed by atoms with E-state index in [4.69, 9.17) is 0 Å². The highest BCUT2D eigenvalue weighted by Crippen LogP contribution is 2.26. The van der Waals surface area contributed by atoms with Gasteiger partial charge in [0, 0.05) is 29.0 Å². The number of benzene rings is 1. The number of carbonyl (C=O) groups is 1. The molecule has 6 heteroatoms. The largest absolute Gasteiger partial charge is 0.292 e. The lowest BCUT2D eigenvalue weighted by Crippen LogP contribution is -2.14. The van der Waals surface area contributed by atoms with Crippen LogP contribution in [0.2, 0.25) is 0 Å². The topological polar surface area (TPSA) is 71.6 Å². The fraction of sp³-hybridized carbons (Fsp3) is 0.125. The number of aromatic nitrogens is 3. The highest BCUT2D eigenvalue weighted by molar-refractivity contribution is 7.10. The number of Topliss-reactive ketones (excluding diaryl/α,β-unsaturated/α-hetero) is 1. The molecule has 0 aliphatic rings. The van der Waals surface area contributed by atoms with Gasteiger partial charge < -0.3 is 0 Å². The van der Waals surface area contributed by atoms with Crippen molar-refractivity contribution in [2.24, 2.45) is 0 Å². The maximum absolute atomic E-state index is 12.8. The third-order valence-electron chi connectivity index (χ3n) is 3.20. The average molecular weight is 308 g/mol. The zero-order valence-electron chi connectivity index (χ0n) is 11.8. The monoisotopic (exact) mass is 308 g/mol. The number of hydrogen-bond acceptors (Lipinski definition) is 5. The van der Waals surface area contributed by atoms with Gasteiger partial charge in [-0.15, -0.1) is 11.3 Å². The number of para-hydroxylation sites is 1. The van der Waals surface area contributed by atoms with Crippen molar-refractivity contribution in [1.29, 1.82) is 5.26 Å². The minimum Gasteiger partial charge on any atom is -0.292 e. The van der Waals surface area contributed by atoms with E-state index in [2.05, 4.69) is 16.2 Å². The van der Waals surface area contributed by atoms with Gasteiger partial charge in [0.05, 0.1) is 11.8 Å². The van der Waals surface area contributed by atoms with E-state index in [1.54, 1.807) is 35.3 Å². The maximum atomic E-state index is 12.8. The van der Waals surface area contributed by atoms with Gasteiger partial charge in [0.1, 0.15) is 5.01 Å². The number of rotatable bonds is 4. The van der Waals surface area contributed by atoms with Gasteiger partial charge in [-0.2, -0.15) is 10.4 Å². The summed E-state index contributed by atoms with van der Waals surface area (Å²) in [5.74, 6) is -1.15. The highest BCUT2D eigenvalue weighted by atomic mass is 32.1. The van der Waals surface area contributed by atoms with Crippen molar-refractivity contribution in [3.8, 4) is 11.8 Å². The van der Waals surface area contributed by atoms with Crippen LogP contribution in [0, 0.1) is 18.3 Å². The predicted molar refractivity (Wildman–Crippen MR) is 83.1 cm³/mol. The summed E-state index contributed by atoms with van der Waals surface area (Å²) in [6.07, 6.45) is 3.41. The average Bonchev–Trinajstić information content (AvgIpc) is 3.20. The van der Waals surface area contributed by atoms with Crippen LogP contribution >= 0.6 is 11.3 Å². The Morgan fingerprint density at radius 3 is 2.82 bits per heavy atom. The summed E-state index contributed by atoms with van der Waals surface area (Å²) in [5, 5.41) is 15.9. The van der Waals surface area contributed by atoms with Gasteiger partial charge in [0.25, 0.3) is 0 Å². The van der Waals surface area contributed by atoms with Crippen LogP contribution < -0.4 is 0 Å². The van der Waals surface area contributed by atoms with Gasteiger partial charge in [0.2, 0.25) is 0 Å². The summed E-state index contributed by atoms with van der Waals surface area (Å²) in [6, 6.07) is 11.0. The van der Waals surface area contributed by atoms with Crippen LogP contribution in [0.5, 0.6) is 0 Å². The molecule has 1 unspecified atom stereocenters. The molecule has 0 aliphatic heterocycles. The number of nitrogens with zero attached hydrogens (tertiary/aromatic N) is 4. The quantitative estimate of drug-likeness (QED) is 0.694. The minimum absolute atomic E-state index is 0.261. The molecule has 0 saturated heterocycles.